The van der Waals surface area contributed by atoms with Crippen LogP contribution in [0.3, 0.4) is 0 Å². The lowest BCUT2D eigenvalue weighted by Gasteiger charge is -2.27. The fourth-order valence-electron chi connectivity index (χ4n) is 4.15. The van der Waals surface area contributed by atoms with Gasteiger partial charge in [-0.05, 0) is 30.7 Å². The molecule has 0 aliphatic carbocycles. The Labute approximate surface area is 204 Å². The lowest BCUT2D eigenvalue weighted by Crippen LogP contribution is -2.31. The molecule has 0 fully saturated rings. The summed E-state index contributed by atoms with van der Waals surface area (Å²) in [4.78, 5) is 35.9. The van der Waals surface area contributed by atoms with E-state index in [4.69, 9.17) is 27.9 Å². The predicted molar refractivity (Wildman–Crippen MR) is 127 cm³/mol. The molecule has 4 heterocycles. The fraction of sp³-hybridized carbons (Fsp3) is 0.174. The van der Waals surface area contributed by atoms with Crippen molar-refractivity contribution in [1.82, 2.24) is 24.3 Å². The van der Waals surface area contributed by atoms with Crippen LogP contribution < -0.4 is 15.2 Å². The lowest BCUT2D eigenvalue weighted by molar-refractivity contribution is 0.0992. The van der Waals surface area contributed by atoms with E-state index in [0.717, 1.165) is 5.56 Å². The second kappa shape index (κ2) is 8.27. The van der Waals surface area contributed by atoms with Gasteiger partial charge >= 0.3 is 6.01 Å². The molecule has 1 atom stereocenters. The van der Waals surface area contributed by atoms with Crippen LogP contribution in [0.15, 0.2) is 53.7 Å². The van der Waals surface area contributed by atoms with Gasteiger partial charge in [0, 0.05) is 18.3 Å². The van der Waals surface area contributed by atoms with E-state index >= 15 is 0 Å². The van der Waals surface area contributed by atoms with Gasteiger partial charge in [0.2, 0.25) is 0 Å². The van der Waals surface area contributed by atoms with Gasteiger partial charge in [0.1, 0.15) is 16.8 Å². The number of nitrogens with zero attached hydrogens (tertiary/aromatic N) is 6. The standard InChI is InChI=1S/C23H18Cl2N6O3/c1-12-18-20(31(28-12)16-9-26-23(34-3)27-10-16)19(13-4-6-14(24)7-5-13)30(22(18)33)15-8-17(25)21(32)29(2)11-15/h4-11,19H,1-3H3/t19-/m1/s1. The molecule has 34 heavy (non-hydrogen) atoms. The molecule has 3 aromatic heterocycles. The molecule has 11 heteroatoms. The summed E-state index contributed by atoms with van der Waals surface area (Å²) >= 11 is 12.3. The van der Waals surface area contributed by atoms with E-state index in [-0.39, 0.29) is 22.5 Å². The zero-order chi connectivity index (χ0) is 24.1. The van der Waals surface area contributed by atoms with Crippen molar-refractivity contribution < 1.29 is 9.53 Å². The van der Waals surface area contributed by atoms with Crippen LogP contribution in [0, 0.1) is 6.92 Å². The second-order valence-corrected chi connectivity index (χ2v) is 8.62. The Kier molecular flexibility index (Phi) is 5.38. The minimum Gasteiger partial charge on any atom is -0.467 e. The van der Waals surface area contributed by atoms with Crippen molar-refractivity contribution in [2.75, 3.05) is 12.0 Å². The van der Waals surface area contributed by atoms with Crippen LogP contribution in [-0.2, 0) is 7.05 Å². The number of halogens is 2. The number of hydrogen-bond donors (Lipinski definition) is 0. The van der Waals surface area contributed by atoms with Gasteiger partial charge in [-0.3, -0.25) is 14.5 Å². The topological polar surface area (TPSA) is 95.1 Å². The van der Waals surface area contributed by atoms with Crippen LogP contribution in [0.4, 0.5) is 5.69 Å². The molecule has 0 unspecified atom stereocenters. The molecule has 0 N–H and O–H groups in total. The van der Waals surface area contributed by atoms with Crippen molar-refractivity contribution in [2.24, 2.45) is 7.05 Å². The van der Waals surface area contributed by atoms with Gasteiger partial charge in [-0.15, -0.1) is 0 Å². The SMILES string of the molecule is COc1ncc(-n2nc(C)c3c2[C@@H](c2ccc(Cl)cc2)N(c2cc(Cl)c(=O)n(C)c2)C3=O)cn1. The van der Waals surface area contributed by atoms with E-state index in [2.05, 4.69) is 15.1 Å². The number of carbonyl (C=O) groups is 1. The molecule has 1 amide bonds. The largest absolute Gasteiger partial charge is 0.467 e. The van der Waals surface area contributed by atoms with Gasteiger partial charge in [-0.1, -0.05) is 35.3 Å². The van der Waals surface area contributed by atoms with Gasteiger partial charge < -0.3 is 9.30 Å². The first-order chi connectivity index (χ1) is 16.3. The molecule has 1 aliphatic rings. The van der Waals surface area contributed by atoms with Crippen LogP contribution in [0.5, 0.6) is 6.01 Å². The molecule has 1 aliphatic heterocycles. The summed E-state index contributed by atoms with van der Waals surface area (Å²) in [6.07, 6.45) is 4.74. The normalized spacial score (nSPS) is 15.0. The van der Waals surface area contributed by atoms with E-state index in [1.807, 2.05) is 12.1 Å². The molecule has 1 aromatic carbocycles. The third-order valence-corrected chi connectivity index (χ3v) is 6.20. The Balaban J connectivity index is 1.76. The van der Waals surface area contributed by atoms with E-state index < -0.39 is 6.04 Å². The van der Waals surface area contributed by atoms with Crippen LogP contribution in [-0.4, -0.2) is 37.3 Å². The Morgan fingerprint density at radius 2 is 1.71 bits per heavy atom. The summed E-state index contributed by atoms with van der Waals surface area (Å²) in [6, 6.07) is 8.37. The number of fused-ring (bicyclic) bond motifs is 1. The molecule has 172 valence electrons. The summed E-state index contributed by atoms with van der Waals surface area (Å²) in [5.41, 5.74) is 3.15. The van der Waals surface area contributed by atoms with Gasteiger partial charge in [0.25, 0.3) is 11.5 Å². The van der Waals surface area contributed by atoms with Gasteiger partial charge in [-0.25, -0.2) is 14.6 Å². The number of aryl methyl sites for hydroxylation is 2. The molecule has 0 spiro atoms. The molecule has 4 aromatic rings. The summed E-state index contributed by atoms with van der Waals surface area (Å²) in [6.45, 7) is 1.77. The summed E-state index contributed by atoms with van der Waals surface area (Å²) in [7, 11) is 3.07. The minimum absolute atomic E-state index is 0.0144. The number of rotatable bonds is 4. The number of methoxy groups -OCH3 is 1. The molecule has 9 nitrogen and oxygen atoms in total. The minimum atomic E-state index is -0.573. The number of aromatic nitrogens is 5. The van der Waals surface area contributed by atoms with Gasteiger partial charge in [-0.2, -0.15) is 5.10 Å². The third-order valence-electron chi connectivity index (χ3n) is 5.68. The summed E-state index contributed by atoms with van der Waals surface area (Å²) < 4.78 is 8.07. The summed E-state index contributed by atoms with van der Waals surface area (Å²) in [5.74, 6) is -0.261. The predicted octanol–water partition coefficient (Wildman–Crippen LogP) is 3.73. The first-order valence-corrected chi connectivity index (χ1v) is 11.0. The quantitative estimate of drug-likeness (QED) is 0.427. The Hall–Kier alpha value is -3.69. The number of anilines is 1. The molecule has 0 saturated heterocycles. The highest BCUT2D eigenvalue weighted by molar-refractivity contribution is 6.31. The van der Waals surface area contributed by atoms with E-state index in [9.17, 15) is 9.59 Å². The smallest absolute Gasteiger partial charge is 0.316 e. The zero-order valence-corrected chi connectivity index (χ0v) is 19.9. The molecular weight excluding hydrogens is 479 g/mol. The van der Waals surface area contributed by atoms with Crippen molar-refractivity contribution in [3.63, 3.8) is 0 Å². The lowest BCUT2D eigenvalue weighted by atomic mass is 10.0. The maximum atomic E-state index is 13.8. The highest BCUT2D eigenvalue weighted by Crippen LogP contribution is 2.43. The first kappa shape index (κ1) is 22.1. The molecular formula is C23H18Cl2N6O3. The van der Waals surface area contributed by atoms with Crippen LogP contribution in [0.25, 0.3) is 5.69 Å². The number of ether oxygens (including phenoxy) is 1. The average Bonchev–Trinajstić information content (AvgIpc) is 3.33. The molecule has 5 rings (SSSR count). The monoisotopic (exact) mass is 496 g/mol. The van der Waals surface area contributed by atoms with Crippen molar-refractivity contribution in [3.8, 4) is 11.7 Å². The van der Waals surface area contributed by atoms with E-state index in [1.54, 1.807) is 54.3 Å². The average molecular weight is 497 g/mol. The number of amides is 1. The van der Waals surface area contributed by atoms with Gasteiger partial charge in [0.05, 0.1) is 42.1 Å². The van der Waals surface area contributed by atoms with Crippen molar-refractivity contribution in [3.05, 3.63) is 91.8 Å². The fourth-order valence-corrected chi connectivity index (χ4v) is 4.52. The number of pyridine rings is 1. The summed E-state index contributed by atoms with van der Waals surface area (Å²) in [5, 5.41) is 5.20. The van der Waals surface area contributed by atoms with E-state index in [1.165, 1.54) is 17.7 Å². The third kappa shape index (κ3) is 3.44. The second-order valence-electron chi connectivity index (χ2n) is 7.78. The molecule has 0 bridgehead atoms. The number of hydrogen-bond acceptors (Lipinski definition) is 6. The molecule has 0 saturated carbocycles. The van der Waals surface area contributed by atoms with Crippen molar-refractivity contribution >= 4 is 34.8 Å². The molecule has 0 radical (unpaired) electrons. The number of benzene rings is 1. The Morgan fingerprint density at radius 1 is 1.03 bits per heavy atom. The first-order valence-electron chi connectivity index (χ1n) is 10.2. The maximum Gasteiger partial charge on any atom is 0.316 e. The number of carbonyl (C=O) groups excluding carboxylic acids is 1. The van der Waals surface area contributed by atoms with E-state index in [0.29, 0.717) is 33.3 Å². The van der Waals surface area contributed by atoms with Crippen LogP contribution in [0.1, 0.15) is 33.4 Å². The van der Waals surface area contributed by atoms with Crippen molar-refractivity contribution in [2.45, 2.75) is 13.0 Å². The van der Waals surface area contributed by atoms with Crippen molar-refractivity contribution in [1.29, 1.82) is 0 Å². The van der Waals surface area contributed by atoms with Gasteiger partial charge in [0.15, 0.2) is 0 Å². The Bertz CT molecular complexity index is 1450. The zero-order valence-electron chi connectivity index (χ0n) is 18.4. The van der Waals surface area contributed by atoms with Crippen LogP contribution in [0.2, 0.25) is 10.0 Å². The highest BCUT2D eigenvalue weighted by atomic mass is 35.5. The van der Waals surface area contributed by atoms with Crippen LogP contribution >= 0.6 is 23.2 Å². The highest BCUT2D eigenvalue weighted by Gasteiger charge is 2.44. The Morgan fingerprint density at radius 3 is 2.32 bits per heavy atom. The maximum absolute atomic E-state index is 13.8.